The van der Waals surface area contributed by atoms with E-state index in [0.29, 0.717) is 24.7 Å². The van der Waals surface area contributed by atoms with Crippen LogP contribution in [0.25, 0.3) is 11.1 Å². The van der Waals surface area contributed by atoms with Crippen LogP contribution < -0.4 is 10.6 Å². The molecule has 2 aromatic rings. The number of anilines is 2. The van der Waals surface area contributed by atoms with Crippen molar-refractivity contribution in [3.05, 3.63) is 29.2 Å². The minimum atomic E-state index is 0.286. The van der Waals surface area contributed by atoms with Crippen LogP contribution in [0.2, 0.25) is 0 Å². The van der Waals surface area contributed by atoms with E-state index < -0.39 is 0 Å². The van der Waals surface area contributed by atoms with Crippen LogP contribution in [0.15, 0.2) is 12.4 Å². The molecule has 8 heteroatoms. The van der Waals surface area contributed by atoms with Crippen LogP contribution in [0.5, 0.6) is 0 Å². The molecule has 4 heterocycles. The molecule has 0 saturated carbocycles. The Labute approximate surface area is 158 Å². The van der Waals surface area contributed by atoms with Crippen LogP contribution in [0.3, 0.4) is 0 Å². The molecular formula is C19H23N7O. The van der Waals surface area contributed by atoms with Crippen molar-refractivity contribution >= 4 is 11.8 Å². The lowest BCUT2D eigenvalue weighted by atomic mass is 9.92. The zero-order chi connectivity index (χ0) is 18.8. The van der Waals surface area contributed by atoms with Gasteiger partial charge in [0, 0.05) is 61.8 Å². The number of hydrogen-bond acceptors (Lipinski definition) is 8. The molecule has 0 aliphatic carbocycles. The molecule has 0 radical (unpaired) electrons. The van der Waals surface area contributed by atoms with Crippen molar-refractivity contribution in [3.63, 3.8) is 0 Å². The first-order valence-corrected chi connectivity index (χ1v) is 9.30. The summed E-state index contributed by atoms with van der Waals surface area (Å²) in [4.78, 5) is 18.0. The summed E-state index contributed by atoms with van der Waals surface area (Å²) in [5.41, 5.74) is 10.2. The fourth-order valence-electron chi connectivity index (χ4n) is 3.71. The van der Waals surface area contributed by atoms with Gasteiger partial charge in [-0.1, -0.05) is 6.92 Å². The normalized spacial score (nSPS) is 17.4. The van der Waals surface area contributed by atoms with E-state index in [-0.39, 0.29) is 5.82 Å². The third-order valence-corrected chi connectivity index (χ3v) is 5.24. The van der Waals surface area contributed by atoms with E-state index in [2.05, 4.69) is 37.7 Å². The van der Waals surface area contributed by atoms with E-state index >= 15 is 0 Å². The smallest absolute Gasteiger partial charge is 0.225 e. The Morgan fingerprint density at radius 3 is 2.63 bits per heavy atom. The zero-order valence-corrected chi connectivity index (χ0v) is 15.5. The number of rotatable bonds is 3. The topological polar surface area (TPSA) is 104 Å². The van der Waals surface area contributed by atoms with E-state index in [1.807, 2.05) is 0 Å². The fourth-order valence-corrected chi connectivity index (χ4v) is 3.71. The molecule has 2 aliphatic rings. The van der Waals surface area contributed by atoms with E-state index in [4.69, 9.17) is 10.5 Å². The predicted octanol–water partition coefficient (Wildman–Crippen LogP) is 1.21. The first-order valence-electron chi connectivity index (χ1n) is 9.30. The maximum atomic E-state index is 9.70. The minimum Gasteiger partial charge on any atom is -0.383 e. The van der Waals surface area contributed by atoms with E-state index in [1.54, 1.807) is 12.4 Å². The number of fused-ring (bicyclic) bond motifs is 1. The van der Waals surface area contributed by atoms with Gasteiger partial charge in [-0.25, -0.2) is 15.0 Å². The second kappa shape index (κ2) is 7.47. The van der Waals surface area contributed by atoms with Gasteiger partial charge in [-0.05, 0) is 12.1 Å². The summed E-state index contributed by atoms with van der Waals surface area (Å²) in [5.74, 6) is 0.972. The lowest BCUT2D eigenvalue weighted by Crippen LogP contribution is -2.37. The summed E-state index contributed by atoms with van der Waals surface area (Å²) in [7, 11) is 0. The Hall–Kier alpha value is -2.76. The fraction of sp³-hybridized carbons (Fsp3) is 0.474. The van der Waals surface area contributed by atoms with Crippen molar-refractivity contribution in [1.82, 2.24) is 19.9 Å². The van der Waals surface area contributed by atoms with Gasteiger partial charge in [0.05, 0.1) is 13.2 Å². The van der Waals surface area contributed by atoms with E-state index in [9.17, 15) is 5.26 Å². The Bertz CT molecular complexity index is 869. The van der Waals surface area contributed by atoms with Gasteiger partial charge in [0.2, 0.25) is 5.95 Å². The molecule has 140 valence electrons. The summed E-state index contributed by atoms with van der Waals surface area (Å²) < 4.78 is 5.38. The highest BCUT2D eigenvalue weighted by atomic mass is 16.5. The van der Waals surface area contributed by atoms with Gasteiger partial charge in [0.1, 0.15) is 17.5 Å². The lowest BCUT2D eigenvalue weighted by molar-refractivity contribution is 0.122. The highest BCUT2D eigenvalue weighted by Crippen LogP contribution is 2.34. The first-order chi connectivity index (χ1) is 13.2. The number of pyridine rings is 1. The van der Waals surface area contributed by atoms with Gasteiger partial charge in [-0.15, -0.1) is 0 Å². The van der Waals surface area contributed by atoms with E-state index in [1.165, 1.54) is 0 Å². The number of aromatic nitrogens is 3. The van der Waals surface area contributed by atoms with Crippen molar-refractivity contribution in [1.29, 1.82) is 5.26 Å². The largest absolute Gasteiger partial charge is 0.383 e. The van der Waals surface area contributed by atoms with Gasteiger partial charge in [0.25, 0.3) is 0 Å². The van der Waals surface area contributed by atoms with Crippen molar-refractivity contribution < 1.29 is 4.74 Å². The maximum absolute atomic E-state index is 9.70. The molecule has 1 saturated heterocycles. The number of nitrogens with zero attached hydrogens (tertiary/aromatic N) is 6. The summed E-state index contributed by atoms with van der Waals surface area (Å²) >= 11 is 0. The molecule has 4 rings (SSSR count). The van der Waals surface area contributed by atoms with Crippen LogP contribution in [-0.2, 0) is 17.7 Å². The maximum Gasteiger partial charge on any atom is 0.225 e. The molecule has 0 spiro atoms. The molecule has 27 heavy (non-hydrogen) atoms. The lowest BCUT2D eigenvalue weighted by Gasteiger charge is -2.29. The van der Waals surface area contributed by atoms with Crippen LogP contribution in [-0.4, -0.2) is 59.2 Å². The van der Waals surface area contributed by atoms with E-state index in [0.717, 1.165) is 61.5 Å². The number of nitrogen functional groups attached to an aromatic ring is 1. The third-order valence-electron chi connectivity index (χ3n) is 5.24. The van der Waals surface area contributed by atoms with Crippen molar-refractivity contribution in [2.75, 3.05) is 50.0 Å². The molecule has 2 aromatic heterocycles. The third kappa shape index (κ3) is 3.31. The van der Waals surface area contributed by atoms with Gasteiger partial charge in [-0.3, -0.25) is 4.90 Å². The molecule has 1 fully saturated rings. The number of likely N-dealkylation sites (N-methyl/N-ethyl adjacent to an activating group) is 1. The highest BCUT2D eigenvalue weighted by Gasteiger charge is 2.25. The molecule has 2 aliphatic heterocycles. The quantitative estimate of drug-likeness (QED) is 0.865. The van der Waals surface area contributed by atoms with Gasteiger partial charge in [-0.2, -0.15) is 5.26 Å². The molecule has 8 nitrogen and oxygen atoms in total. The Morgan fingerprint density at radius 2 is 1.96 bits per heavy atom. The molecule has 0 amide bonds. The highest BCUT2D eigenvalue weighted by molar-refractivity contribution is 5.78. The number of morpholine rings is 1. The van der Waals surface area contributed by atoms with Crippen LogP contribution in [0, 0.1) is 11.3 Å². The molecule has 0 atom stereocenters. The van der Waals surface area contributed by atoms with Crippen LogP contribution in [0.4, 0.5) is 11.8 Å². The molecule has 0 bridgehead atoms. The number of nitrogens with two attached hydrogens (primary N) is 1. The number of nitriles is 1. The van der Waals surface area contributed by atoms with Gasteiger partial charge < -0.3 is 15.4 Å². The predicted molar refractivity (Wildman–Crippen MR) is 102 cm³/mol. The Kier molecular flexibility index (Phi) is 4.88. The summed E-state index contributed by atoms with van der Waals surface area (Å²) in [6.45, 7) is 7.74. The standard InChI is InChI=1S/C19H23N7O/c1-2-25-4-3-16-15(12-25)17(14(9-20)18(21)24-16)13-10-22-19(23-11-13)26-5-7-27-8-6-26/h10-11H,2-8,12H2,1H3,(H2,21,24). The summed E-state index contributed by atoms with van der Waals surface area (Å²) in [6.07, 6.45) is 4.41. The van der Waals surface area contributed by atoms with Crippen LogP contribution in [0.1, 0.15) is 23.7 Å². The van der Waals surface area contributed by atoms with Crippen molar-refractivity contribution in [2.24, 2.45) is 0 Å². The minimum absolute atomic E-state index is 0.286. The molecule has 2 N–H and O–H groups in total. The summed E-state index contributed by atoms with van der Waals surface area (Å²) in [6, 6.07) is 2.23. The second-order valence-corrected chi connectivity index (χ2v) is 6.77. The van der Waals surface area contributed by atoms with Crippen molar-refractivity contribution in [3.8, 4) is 17.2 Å². The SMILES string of the molecule is CCN1CCc2nc(N)c(C#N)c(-c3cnc(N4CCOCC4)nc3)c2C1. The Morgan fingerprint density at radius 1 is 1.22 bits per heavy atom. The van der Waals surface area contributed by atoms with Crippen molar-refractivity contribution in [2.45, 2.75) is 19.9 Å². The first kappa shape index (κ1) is 17.6. The molecular weight excluding hydrogens is 342 g/mol. The number of ether oxygens (including phenoxy) is 1. The van der Waals surface area contributed by atoms with Gasteiger partial charge >= 0.3 is 0 Å². The average molecular weight is 365 g/mol. The number of hydrogen-bond donors (Lipinski definition) is 1. The Balaban J connectivity index is 1.76. The van der Waals surface area contributed by atoms with Gasteiger partial charge in [0.15, 0.2) is 0 Å². The average Bonchev–Trinajstić information content (AvgIpc) is 2.73. The zero-order valence-electron chi connectivity index (χ0n) is 15.5. The molecule has 0 unspecified atom stereocenters. The van der Waals surface area contributed by atoms with Crippen LogP contribution >= 0.6 is 0 Å². The second-order valence-electron chi connectivity index (χ2n) is 6.77. The monoisotopic (exact) mass is 365 g/mol. The summed E-state index contributed by atoms with van der Waals surface area (Å²) in [5, 5.41) is 9.70. The molecule has 0 aromatic carbocycles.